The number of imide groups is 1. The molecule has 2 aliphatic rings. The largest absolute Gasteiger partial charge is 0.491 e. The molecular weight excluding hydrogens is 319 g/mol. The molecule has 3 rings (SSSR count). The van der Waals surface area contributed by atoms with E-state index in [2.05, 4.69) is 10.7 Å². The lowest BCUT2D eigenvalue weighted by atomic mass is 10.3. The van der Waals surface area contributed by atoms with Gasteiger partial charge in [-0.1, -0.05) is 0 Å². The van der Waals surface area contributed by atoms with Crippen LogP contribution in [0.2, 0.25) is 0 Å². The Morgan fingerprint density at radius 2 is 2.12 bits per heavy atom. The number of halogens is 1. The van der Waals surface area contributed by atoms with Crippen LogP contribution in [-0.4, -0.2) is 48.1 Å². The highest BCUT2D eigenvalue weighted by molar-refractivity contribution is 6.03. The van der Waals surface area contributed by atoms with E-state index in [0.717, 1.165) is 22.8 Å². The summed E-state index contributed by atoms with van der Waals surface area (Å²) >= 11 is 0. The molecule has 1 saturated heterocycles. The number of carbonyl (C=O) groups is 3. The predicted octanol–water partition coefficient (Wildman–Crippen LogP) is 1.54. The SMILES string of the molecule is CN1C(=O)CN(NC(=O)Nc2ccc(F)cc2OCC2CC2)C1=O. The Balaban J connectivity index is 1.63. The van der Waals surface area contributed by atoms with Crippen molar-refractivity contribution in [3.8, 4) is 5.75 Å². The standard InChI is InChI=1S/C15H17FN4O4/c1-19-13(21)7-20(15(19)23)18-14(22)17-11-5-4-10(16)6-12(11)24-8-9-2-3-9/h4-6,9H,2-3,7-8H2,1H3,(H2,17,18,22). The molecule has 128 valence electrons. The molecule has 2 N–H and O–H groups in total. The first-order chi connectivity index (χ1) is 11.4. The molecule has 0 bridgehead atoms. The second-order valence-corrected chi connectivity index (χ2v) is 5.78. The van der Waals surface area contributed by atoms with Gasteiger partial charge >= 0.3 is 12.1 Å². The zero-order valence-electron chi connectivity index (χ0n) is 13.0. The Hall–Kier alpha value is -2.84. The number of anilines is 1. The number of nitrogens with one attached hydrogen (secondary N) is 2. The molecule has 1 aromatic carbocycles. The van der Waals surface area contributed by atoms with Crippen LogP contribution in [0.25, 0.3) is 0 Å². The number of hydrazine groups is 1. The summed E-state index contributed by atoms with van der Waals surface area (Å²) in [6, 6.07) is 2.41. The number of amides is 5. The molecule has 0 unspecified atom stereocenters. The average Bonchev–Trinajstić information content (AvgIpc) is 3.33. The van der Waals surface area contributed by atoms with Crippen molar-refractivity contribution >= 4 is 23.7 Å². The number of hydrogen-bond acceptors (Lipinski definition) is 4. The molecule has 1 aliphatic heterocycles. The van der Waals surface area contributed by atoms with Crippen molar-refractivity contribution < 1.29 is 23.5 Å². The maximum Gasteiger partial charge on any atom is 0.345 e. The number of carbonyl (C=O) groups excluding carboxylic acids is 3. The van der Waals surface area contributed by atoms with Crippen molar-refractivity contribution in [2.45, 2.75) is 12.8 Å². The van der Waals surface area contributed by atoms with Crippen molar-refractivity contribution in [3.05, 3.63) is 24.0 Å². The fourth-order valence-electron chi connectivity index (χ4n) is 2.17. The van der Waals surface area contributed by atoms with Gasteiger partial charge in [0.1, 0.15) is 18.1 Å². The highest BCUT2D eigenvalue weighted by Gasteiger charge is 2.34. The molecular formula is C15H17FN4O4. The van der Waals surface area contributed by atoms with Gasteiger partial charge in [0.15, 0.2) is 0 Å². The number of rotatable bonds is 5. The number of nitrogens with zero attached hydrogens (tertiary/aromatic N) is 2. The summed E-state index contributed by atoms with van der Waals surface area (Å²) in [6.07, 6.45) is 2.16. The van der Waals surface area contributed by atoms with Crippen LogP contribution in [-0.2, 0) is 4.79 Å². The van der Waals surface area contributed by atoms with Crippen LogP contribution in [0.4, 0.5) is 19.7 Å². The van der Waals surface area contributed by atoms with Crippen molar-refractivity contribution in [1.29, 1.82) is 0 Å². The molecule has 8 nitrogen and oxygen atoms in total. The van der Waals surface area contributed by atoms with Crippen LogP contribution < -0.4 is 15.5 Å². The molecule has 5 amide bonds. The first-order valence-electron chi connectivity index (χ1n) is 7.52. The third-order valence-electron chi connectivity index (χ3n) is 3.79. The van der Waals surface area contributed by atoms with E-state index in [9.17, 15) is 18.8 Å². The van der Waals surface area contributed by atoms with E-state index < -0.39 is 23.8 Å². The van der Waals surface area contributed by atoms with E-state index in [0.29, 0.717) is 12.5 Å². The summed E-state index contributed by atoms with van der Waals surface area (Å²) in [5.41, 5.74) is 2.56. The highest BCUT2D eigenvalue weighted by atomic mass is 19.1. The minimum atomic E-state index is -0.727. The fraction of sp³-hybridized carbons (Fsp3) is 0.400. The first-order valence-corrected chi connectivity index (χ1v) is 7.52. The van der Waals surface area contributed by atoms with Crippen LogP contribution in [0, 0.1) is 11.7 Å². The number of hydrogen-bond donors (Lipinski definition) is 2. The Morgan fingerprint density at radius 1 is 1.38 bits per heavy atom. The van der Waals surface area contributed by atoms with Gasteiger partial charge in [0.25, 0.3) is 5.91 Å². The van der Waals surface area contributed by atoms with Gasteiger partial charge in [-0.25, -0.2) is 24.4 Å². The molecule has 24 heavy (non-hydrogen) atoms. The van der Waals surface area contributed by atoms with Crippen LogP contribution in [0.3, 0.4) is 0 Å². The average molecular weight is 336 g/mol. The van der Waals surface area contributed by atoms with Gasteiger partial charge in [-0.3, -0.25) is 9.69 Å². The Bertz CT molecular complexity index is 692. The third-order valence-corrected chi connectivity index (χ3v) is 3.79. The molecule has 9 heteroatoms. The maximum absolute atomic E-state index is 13.4. The van der Waals surface area contributed by atoms with E-state index in [1.807, 2.05) is 0 Å². The first kappa shape index (κ1) is 16.0. The Morgan fingerprint density at radius 3 is 2.75 bits per heavy atom. The zero-order valence-corrected chi connectivity index (χ0v) is 13.0. The zero-order chi connectivity index (χ0) is 17.3. The maximum atomic E-state index is 13.4. The van der Waals surface area contributed by atoms with Gasteiger partial charge in [-0.15, -0.1) is 0 Å². The second-order valence-electron chi connectivity index (χ2n) is 5.78. The van der Waals surface area contributed by atoms with Gasteiger partial charge in [0.05, 0.1) is 12.3 Å². The molecule has 1 aliphatic carbocycles. The molecule has 0 radical (unpaired) electrons. The van der Waals surface area contributed by atoms with E-state index in [4.69, 9.17) is 4.74 Å². The lowest BCUT2D eigenvalue weighted by Gasteiger charge is -2.17. The summed E-state index contributed by atoms with van der Waals surface area (Å²) < 4.78 is 18.9. The van der Waals surface area contributed by atoms with Crippen molar-refractivity contribution in [2.75, 3.05) is 25.5 Å². The molecule has 1 aromatic rings. The summed E-state index contributed by atoms with van der Waals surface area (Å²) in [5.74, 6) is -0.207. The van der Waals surface area contributed by atoms with E-state index in [-0.39, 0.29) is 18.0 Å². The molecule has 1 heterocycles. The second kappa shape index (κ2) is 6.34. The number of urea groups is 2. The topological polar surface area (TPSA) is 91.0 Å². The minimum absolute atomic E-state index is 0.220. The highest BCUT2D eigenvalue weighted by Crippen LogP contribution is 2.32. The Labute approximate surface area is 137 Å². The lowest BCUT2D eigenvalue weighted by molar-refractivity contribution is -0.124. The van der Waals surface area contributed by atoms with Crippen molar-refractivity contribution in [1.82, 2.24) is 15.3 Å². The Kier molecular flexibility index (Phi) is 4.24. The fourth-order valence-corrected chi connectivity index (χ4v) is 2.17. The molecule has 1 saturated carbocycles. The summed E-state index contributed by atoms with van der Waals surface area (Å²) in [7, 11) is 1.33. The molecule has 0 spiro atoms. The smallest absolute Gasteiger partial charge is 0.345 e. The monoisotopic (exact) mass is 336 g/mol. The van der Waals surface area contributed by atoms with Crippen molar-refractivity contribution in [2.24, 2.45) is 5.92 Å². The van der Waals surface area contributed by atoms with Gasteiger partial charge < -0.3 is 10.1 Å². The van der Waals surface area contributed by atoms with Crippen LogP contribution in [0.5, 0.6) is 5.75 Å². The normalized spacial score (nSPS) is 17.2. The van der Waals surface area contributed by atoms with Crippen LogP contribution in [0.15, 0.2) is 18.2 Å². The van der Waals surface area contributed by atoms with E-state index in [1.165, 1.54) is 25.2 Å². The van der Waals surface area contributed by atoms with E-state index in [1.54, 1.807) is 0 Å². The molecule has 0 aromatic heterocycles. The predicted molar refractivity (Wildman–Crippen MR) is 81.6 cm³/mol. The van der Waals surface area contributed by atoms with Gasteiger partial charge in [0.2, 0.25) is 0 Å². The van der Waals surface area contributed by atoms with Gasteiger partial charge in [0, 0.05) is 13.1 Å². The minimum Gasteiger partial charge on any atom is -0.491 e. The molecule has 0 atom stereocenters. The van der Waals surface area contributed by atoms with Gasteiger partial charge in [-0.05, 0) is 30.9 Å². The lowest BCUT2D eigenvalue weighted by Crippen LogP contribution is -2.46. The molecule has 2 fully saturated rings. The number of likely N-dealkylation sites (N-methyl/N-ethyl adjacent to an activating group) is 1. The van der Waals surface area contributed by atoms with Crippen LogP contribution >= 0.6 is 0 Å². The number of benzene rings is 1. The third kappa shape index (κ3) is 3.55. The summed E-state index contributed by atoms with van der Waals surface area (Å²) in [4.78, 5) is 36.0. The van der Waals surface area contributed by atoms with Crippen molar-refractivity contribution in [3.63, 3.8) is 0 Å². The summed E-state index contributed by atoms with van der Waals surface area (Å²) in [6.45, 7) is 0.223. The summed E-state index contributed by atoms with van der Waals surface area (Å²) in [5, 5.41) is 3.39. The quantitative estimate of drug-likeness (QED) is 0.798. The van der Waals surface area contributed by atoms with Crippen LogP contribution in [0.1, 0.15) is 12.8 Å². The van der Waals surface area contributed by atoms with E-state index >= 15 is 0 Å². The number of ether oxygens (including phenoxy) is 1. The van der Waals surface area contributed by atoms with Gasteiger partial charge in [-0.2, -0.15) is 0 Å².